The summed E-state index contributed by atoms with van der Waals surface area (Å²) in [6.45, 7) is 10.6. The fraction of sp³-hybridized carbons (Fsp3) is 1.00. The van der Waals surface area contributed by atoms with Gasteiger partial charge in [0.05, 0.1) is 0 Å². The van der Waals surface area contributed by atoms with Crippen molar-refractivity contribution in [1.82, 2.24) is 5.32 Å². The molecule has 1 saturated heterocycles. The molecule has 1 heterocycles. The molecular formula is C15H31NO. The van der Waals surface area contributed by atoms with Crippen molar-refractivity contribution in [2.75, 3.05) is 13.2 Å². The van der Waals surface area contributed by atoms with E-state index in [9.17, 15) is 5.11 Å². The second-order valence-corrected chi connectivity index (χ2v) is 6.16. The van der Waals surface area contributed by atoms with Crippen molar-refractivity contribution in [2.24, 2.45) is 17.8 Å². The predicted molar refractivity (Wildman–Crippen MR) is 74.1 cm³/mol. The third-order valence-electron chi connectivity index (χ3n) is 4.64. The monoisotopic (exact) mass is 241 g/mol. The van der Waals surface area contributed by atoms with Crippen LogP contribution >= 0.6 is 0 Å². The molecule has 1 fully saturated rings. The second kappa shape index (κ2) is 6.75. The van der Waals surface area contributed by atoms with Crippen LogP contribution in [0.25, 0.3) is 0 Å². The number of hydrogen-bond acceptors (Lipinski definition) is 2. The average molecular weight is 241 g/mol. The molecular weight excluding hydrogens is 210 g/mol. The van der Waals surface area contributed by atoms with Crippen molar-refractivity contribution in [1.29, 1.82) is 0 Å². The number of rotatable bonds is 6. The maximum atomic E-state index is 9.74. The first-order valence-electron chi connectivity index (χ1n) is 7.45. The molecule has 1 aliphatic heterocycles. The zero-order valence-corrected chi connectivity index (χ0v) is 12.1. The van der Waals surface area contributed by atoms with Gasteiger partial charge in [0, 0.05) is 18.1 Å². The minimum atomic E-state index is 0.212. The molecule has 102 valence electrons. The third-order valence-corrected chi connectivity index (χ3v) is 4.64. The van der Waals surface area contributed by atoms with Gasteiger partial charge >= 0.3 is 0 Å². The summed E-state index contributed by atoms with van der Waals surface area (Å²) in [5.74, 6) is 1.90. The van der Waals surface area contributed by atoms with E-state index >= 15 is 0 Å². The molecule has 2 unspecified atom stereocenters. The Kier molecular flexibility index (Phi) is 5.94. The van der Waals surface area contributed by atoms with Crippen LogP contribution in [0.5, 0.6) is 0 Å². The lowest BCUT2D eigenvalue weighted by molar-refractivity contribution is 0.0392. The standard InChI is InChI=1S/C15H31NO/c1-5-7-15(8-6-2)14(11-17)9-13(10-16-15)12(3)4/h12-14,16-17H,5-11H2,1-4H3. The van der Waals surface area contributed by atoms with Gasteiger partial charge in [-0.15, -0.1) is 0 Å². The van der Waals surface area contributed by atoms with Gasteiger partial charge in [-0.3, -0.25) is 0 Å². The SMILES string of the molecule is CCCC1(CCC)NCC(C(C)C)CC1CO. The van der Waals surface area contributed by atoms with Crippen LogP contribution < -0.4 is 5.32 Å². The molecule has 1 aliphatic rings. The number of nitrogens with one attached hydrogen (secondary N) is 1. The van der Waals surface area contributed by atoms with Gasteiger partial charge in [-0.25, -0.2) is 0 Å². The van der Waals surface area contributed by atoms with E-state index in [4.69, 9.17) is 0 Å². The lowest BCUT2D eigenvalue weighted by Crippen LogP contribution is -2.58. The minimum Gasteiger partial charge on any atom is -0.396 e. The summed E-state index contributed by atoms with van der Waals surface area (Å²) >= 11 is 0. The number of aliphatic hydroxyl groups excluding tert-OH is 1. The summed E-state index contributed by atoms with van der Waals surface area (Å²) in [7, 11) is 0. The molecule has 17 heavy (non-hydrogen) atoms. The summed E-state index contributed by atoms with van der Waals surface area (Å²) < 4.78 is 0. The van der Waals surface area contributed by atoms with E-state index in [2.05, 4.69) is 33.0 Å². The van der Waals surface area contributed by atoms with Crippen LogP contribution in [0.1, 0.15) is 59.8 Å². The molecule has 0 aromatic rings. The second-order valence-electron chi connectivity index (χ2n) is 6.16. The van der Waals surface area contributed by atoms with Crippen LogP contribution in [0.2, 0.25) is 0 Å². The Morgan fingerprint density at radius 3 is 2.24 bits per heavy atom. The van der Waals surface area contributed by atoms with E-state index in [1.807, 2.05) is 0 Å². The Hall–Kier alpha value is -0.0800. The Balaban J connectivity index is 2.76. The predicted octanol–water partition coefficient (Wildman–Crippen LogP) is 3.20. The molecule has 0 aliphatic carbocycles. The van der Waals surface area contributed by atoms with E-state index in [0.717, 1.165) is 18.4 Å². The van der Waals surface area contributed by atoms with Crippen LogP contribution in [0.15, 0.2) is 0 Å². The van der Waals surface area contributed by atoms with Gasteiger partial charge in [-0.05, 0) is 37.6 Å². The topological polar surface area (TPSA) is 32.3 Å². The summed E-state index contributed by atoms with van der Waals surface area (Å²) in [5.41, 5.74) is 0.212. The largest absolute Gasteiger partial charge is 0.396 e. The Morgan fingerprint density at radius 1 is 1.24 bits per heavy atom. The van der Waals surface area contributed by atoms with E-state index in [1.165, 1.54) is 32.1 Å². The summed E-state index contributed by atoms with van der Waals surface area (Å²) in [4.78, 5) is 0. The van der Waals surface area contributed by atoms with E-state index < -0.39 is 0 Å². The molecule has 0 bridgehead atoms. The first-order valence-corrected chi connectivity index (χ1v) is 7.45. The zero-order chi connectivity index (χ0) is 12.9. The molecule has 1 rings (SSSR count). The molecule has 0 saturated carbocycles. The van der Waals surface area contributed by atoms with Crippen LogP contribution in [-0.4, -0.2) is 23.8 Å². The summed E-state index contributed by atoms with van der Waals surface area (Å²) in [5, 5.41) is 13.5. The minimum absolute atomic E-state index is 0.212. The fourth-order valence-electron chi connectivity index (χ4n) is 3.51. The number of aliphatic hydroxyl groups is 1. The normalized spacial score (nSPS) is 28.6. The highest BCUT2D eigenvalue weighted by Crippen LogP contribution is 2.38. The van der Waals surface area contributed by atoms with Crippen molar-refractivity contribution in [3.8, 4) is 0 Å². The first kappa shape index (κ1) is 15.0. The number of piperidine rings is 1. The highest BCUT2D eigenvalue weighted by atomic mass is 16.3. The van der Waals surface area contributed by atoms with Crippen LogP contribution in [0.4, 0.5) is 0 Å². The fourth-order valence-corrected chi connectivity index (χ4v) is 3.51. The molecule has 0 aromatic heterocycles. The Morgan fingerprint density at radius 2 is 1.82 bits per heavy atom. The highest BCUT2D eigenvalue weighted by molar-refractivity contribution is 4.99. The van der Waals surface area contributed by atoms with Gasteiger partial charge in [-0.1, -0.05) is 40.5 Å². The molecule has 0 radical (unpaired) electrons. The van der Waals surface area contributed by atoms with Crippen LogP contribution in [0, 0.1) is 17.8 Å². The molecule has 2 N–H and O–H groups in total. The van der Waals surface area contributed by atoms with Crippen molar-refractivity contribution in [3.05, 3.63) is 0 Å². The van der Waals surface area contributed by atoms with Gasteiger partial charge in [0.15, 0.2) is 0 Å². The van der Waals surface area contributed by atoms with E-state index in [1.54, 1.807) is 0 Å². The number of hydrogen-bond donors (Lipinski definition) is 2. The van der Waals surface area contributed by atoms with Gasteiger partial charge in [0.2, 0.25) is 0 Å². The molecule has 0 spiro atoms. The Labute approximate surface area is 107 Å². The van der Waals surface area contributed by atoms with Gasteiger partial charge in [0.1, 0.15) is 0 Å². The summed E-state index contributed by atoms with van der Waals surface area (Å²) in [6.07, 6.45) is 6.01. The van der Waals surface area contributed by atoms with Crippen molar-refractivity contribution < 1.29 is 5.11 Å². The average Bonchev–Trinajstić information content (AvgIpc) is 2.30. The quantitative estimate of drug-likeness (QED) is 0.748. The van der Waals surface area contributed by atoms with Gasteiger partial charge < -0.3 is 10.4 Å². The molecule has 0 aromatic carbocycles. The van der Waals surface area contributed by atoms with E-state index in [-0.39, 0.29) is 5.54 Å². The van der Waals surface area contributed by atoms with Crippen molar-refractivity contribution >= 4 is 0 Å². The lowest BCUT2D eigenvalue weighted by Gasteiger charge is -2.48. The third kappa shape index (κ3) is 3.45. The molecule has 2 nitrogen and oxygen atoms in total. The molecule has 0 amide bonds. The Bertz CT molecular complexity index is 209. The van der Waals surface area contributed by atoms with Crippen LogP contribution in [-0.2, 0) is 0 Å². The van der Waals surface area contributed by atoms with Crippen molar-refractivity contribution in [2.45, 2.75) is 65.3 Å². The smallest absolute Gasteiger partial charge is 0.0477 e. The lowest BCUT2D eigenvalue weighted by atomic mass is 9.68. The molecule has 2 atom stereocenters. The zero-order valence-electron chi connectivity index (χ0n) is 12.1. The maximum Gasteiger partial charge on any atom is 0.0477 e. The van der Waals surface area contributed by atoms with Gasteiger partial charge in [-0.2, -0.15) is 0 Å². The highest BCUT2D eigenvalue weighted by Gasteiger charge is 2.41. The van der Waals surface area contributed by atoms with Gasteiger partial charge in [0.25, 0.3) is 0 Å². The maximum absolute atomic E-state index is 9.74. The summed E-state index contributed by atoms with van der Waals surface area (Å²) in [6, 6.07) is 0. The van der Waals surface area contributed by atoms with Crippen LogP contribution in [0.3, 0.4) is 0 Å². The van der Waals surface area contributed by atoms with E-state index in [0.29, 0.717) is 12.5 Å². The molecule has 2 heteroatoms. The van der Waals surface area contributed by atoms with Crippen molar-refractivity contribution in [3.63, 3.8) is 0 Å². The first-order chi connectivity index (χ1) is 8.09.